The molecule has 0 aromatic carbocycles. The molecule has 0 spiro atoms. The van der Waals surface area contributed by atoms with Crippen LogP contribution in [0.2, 0.25) is 0 Å². The van der Waals surface area contributed by atoms with E-state index in [9.17, 15) is 15.0 Å². The van der Waals surface area contributed by atoms with E-state index in [4.69, 9.17) is 15.6 Å². The number of nitrogens with zero attached hydrogens (tertiary/aromatic N) is 3. The van der Waals surface area contributed by atoms with Crippen LogP contribution in [0.1, 0.15) is 18.7 Å². The maximum atomic E-state index is 12.1. The molecule has 0 aliphatic carbocycles. The van der Waals surface area contributed by atoms with Crippen LogP contribution in [0.4, 0.5) is 5.82 Å². The molecule has 1 saturated heterocycles. The number of rotatable bonds is 5. The molecule has 1 fully saturated rings. The van der Waals surface area contributed by atoms with Crippen molar-refractivity contribution in [2.24, 2.45) is 0 Å². The molecular formula is C15H24N4O5. The molecule has 2 heterocycles. The minimum atomic E-state index is -1.36. The second-order valence-electron chi connectivity index (χ2n) is 6.23. The van der Waals surface area contributed by atoms with E-state index < -0.39 is 36.8 Å². The van der Waals surface area contributed by atoms with Crippen LogP contribution in [0.25, 0.3) is 6.08 Å². The van der Waals surface area contributed by atoms with Crippen molar-refractivity contribution >= 4 is 11.9 Å². The Morgan fingerprint density at radius 1 is 1.46 bits per heavy atom. The summed E-state index contributed by atoms with van der Waals surface area (Å²) in [5, 5.41) is 29.1. The van der Waals surface area contributed by atoms with Crippen molar-refractivity contribution < 1.29 is 20.1 Å². The van der Waals surface area contributed by atoms with Gasteiger partial charge in [-0.25, -0.2) is 4.79 Å². The van der Waals surface area contributed by atoms with Gasteiger partial charge in [0.2, 0.25) is 0 Å². The molecule has 0 radical (unpaired) electrons. The molecule has 9 heteroatoms. The van der Waals surface area contributed by atoms with Crippen molar-refractivity contribution in [3.63, 3.8) is 0 Å². The number of aliphatic hydroxyl groups is 3. The summed E-state index contributed by atoms with van der Waals surface area (Å²) in [5.74, 6) is 0.0705. The van der Waals surface area contributed by atoms with Crippen LogP contribution in [-0.4, -0.2) is 75.3 Å². The number of anilines is 1. The van der Waals surface area contributed by atoms with E-state index in [0.29, 0.717) is 12.1 Å². The molecule has 1 aromatic heterocycles. The van der Waals surface area contributed by atoms with Crippen LogP contribution < -0.4 is 11.4 Å². The molecule has 1 aliphatic rings. The molecular weight excluding hydrogens is 316 g/mol. The van der Waals surface area contributed by atoms with Crippen LogP contribution >= 0.6 is 0 Å². The molecule has 24 heavy (non-hydrogen) atoms. The lowest BCUT2D eigenvalue weighted by Crippen LogP contribution is -2.36. The summed E-state index contributed by atoms with van der Waals surface area (Å²) in [6, 6.07) is 0. The number of nitrogen functional groups attached to an aromatic ring is 1. The summed E-state index contributed by atoms with van der Waals surface area (Å²) < 4.78 is 6.45. The van der Waals surface area contributed by atoms with E-state index in [-0.39, 0.29) is 5.82 Å². The second kappa shape index (κ2) is 7.41. The van der Waals surface area contributed by atoms with Gasteiger partial charge < -0.3 is 30.7 Å². The van der Waals surface area contributed by atoms with Crippen molar-refractivity contribution in [2.45, 2.75) is 31.5 Å². The van der Waals surface area contributed by atoms with Gasteiger partial charge in [0.1, 0.15) is 24.1 Å². The second-order valence-corrected chi connectivity index (χ2v) is 6.23. The fourth-order valence-electron chi connectivity index (χ4n) is 2.71. The maximum Gasteiger partial charge on any atom is 0.351 e. The molecule has 0 saturated carbocycles. The molecule has 1 aliphatic heterocycles. The number of hydrogen-bond donors (Lipinski definition) is 4. The Morgan fingerprint density at radius 2 is 2.12 bits per heavy atom. The molecule has 1 aromatic rings. The van der Waals surface area contributed by atoms with Gasteiger partial charge in [0.05, 0.1) is 6.61 Å². The molecule has 0 unspecified atom stereocenters. The molecule has 0 bridgehead atoms. The van der Waals surface area contributed by atoms with Crippen molar-refractivity contribution in [1.29, 1.82) is 0 Å². The number of ether oxygens (including phenoxy) is 1. The third kappa shape index (κ3) is 3.82. The topological polar surface area (TPSA) is 134 Å². The fraction of sp³-hybridized carbons (Fsp3) is 0.600. The van der Waals surface area contributed by atoms with Crippen LogP contribution in [-0.2, 0) is 4.74 Å². The van der Waals surface area contributed by atoms with Gasteiger partial charge in [0, 0.05) is 18.3 Å². The largest absolute Gasteiger partial charge is 0.394 e. The lowest BCUT2D eigenvalue weighted by Gasteiger charge is -2.18. The van der Waals surface area contributed by atoms with E-state index in [1.165, 1.54) is 6.20 Å². The van der Waals surface area contributed by atoms with E-state index >= 15 is 0 Å². The standard InChI is InChI=1S/C15H24N4O5/c1-8(5-18(2)3)4-9-6-19(15(23)17-13(9)16)14-12(22)11(21)10(7-20)24-14/h4,6,10-12,14,20-22H,5,7H2,1-3H3,(H2,16,17,23)/b8-4+/t10-,11-,12-,14-/m1/s1. The number of nitrogens with two attached hydrogens (primary N) is 1. The minimum absolute atomic E-state index is 0.0705. The monoisotopic (exact) mass is 340 g/mol. The lowest BCUT2D eigenvalue weighted by atomic mass is 10.1. The predicted octanol–water partition coefficient (Wildman–Crippen LogP) is -1.60. The zero-order valence-corrected chi connectivity index (χ0v) is 14.0. The molecule has 4 atom stereocenters. The van der Waals surface area contributed by atoms with E-state index in [1.807, 2.05) is 25.9 Å². The van der Waals surface area contributed by atoms with Gasteiger partial charge in [-0.05, 0) is 27.1 Å². The Bertz CT molecular complexity index is 672. The van der Waals surface area contributed by atoms with E-state index in [1.54, 1.807) is 6.08 Å². The SMILES string of the molecule is C/C(=C\c1cn([C@@H]2O[C@H](CO)[C@@H](O)[C@H]2O)c(=O)nc1N)CN(C)C. The van der Waals surface area contributed by atoms with Gasteiger partial charge in [0.15, 0.2) is 6.23 Å². The van der Waals surface area contributed by atoms with Gasteiger partial charge >= 0.3 is 5.69 Å². The zero-order chi connectivity index (χ0) is 18.0. The van der Waals surface area contributed by atoms with Crippen LogP contribution in [0, 0.1) is 0 Å². The summed E-state index contributed by atoms with van der Waals surface area (Å²) in [4.78, 5) is 17.8. The van der Waals surface area contributed by atoms with Crippen molar-refractivity contribution in [3.8, 4) is 0 Å². The first kappa shape index (κ1) is 18.6. The normalized spacial score (nSPS) is 27.9. The molecule has 134 valence electrons. The third-order valence-electron chi connectivity index (χ3n) is 3.77. The highest BCUT2D eigenvalue weighted by Gasteiger charge is 2.43. The quantitative estimate of drug-likeness (QED) is 0.504. The zero-order valence-electron chi connectivity index (χ0n) is 14.0. The Hall–Kier alpha value is -1.78. The first-order chi connectivity index (χ1) is 11.2. The third-order valence-corrected chi connectivity index (χ3v) is 3.77. The van der Waals surface area contributed by atoms with Crippen molar-refractivity contribution in [2.75, 3.05) is 33.0 Å². The van der Waals surface area contributed by atoms with E-state index in [2.05, 4.69) is 4.98 Å². The Kier molecular flexibility index (Phi) is 5.73. The maximum absolute atomic E-state index is 12.1. The van der Waals surface area contributed by atoms with Gasteiger partial charge in [-0.2, -0.15) is 4.98 Å². The smallest absolute Gasteiger partial charge is 0.351 e. The van der Waals surface area contributed by atoms with Gasteiger partial charge in [-0.3, -0.25) is 4.57 Å². The number of aromatic nitrogens is 2. The molecule has 2 rings (SSSR count). The number of likely N-dealkylation sites (N-methyl/N-ethyl adjacent to an activating group) is 1. The van der Waals surface area contributed by atoms with Gasteiger partial charge in [0.25, 0.3) is 0 Å². The predicted molar refractivity (Wildman–Crippen MR) is 88.1 cm³/mol. The van der Waals surface area contributed by atoms with E-state index in [0.717, 1.165) is 10.1 Å². The summed E-state index contributed by atoms with van der Waals surface area (Å²) >= 11 is 0. The van der Waals surface area contributed by atoms with Crippen LogP contribution in [0.15, 0.2) is 16.6 Å². The summed E-state index contributed by atoms with van der Waals surface area (Å²) in [7, 11) is 3.86. The lowest BCUT2D eigenvalue weighted by molar-refractivity contribution is -0.0549. The Morgan fingerprint density at radius 3 is 2.67 bits per heavy atom. The fourth-order valence-corrected chi connectivity index (χ4v) is 2.71. The summed E-state index contributed by atoms with van der Waals surface area (Å²) in [6.45, 7) is 2.15. The Labute approximate surface area is 139 Å². The number of aliphatic hydroxyl groups excluding tert-OH is 3. The highest BCUT2D eigenvalue weighted by molar-refractivity contribution is 5.61. The van der Waals surface area contributed by atoms with Crippen LogP contribution in [0.5, 0.6) is 0 Å². The highest BCUT2D eigenvalue weighted by Crippen LogP contribution is 2.28. The molecule has 5 N–H and O–H groups in total. The van der Waals surface area contributed by atoms with Crippen LogP contribution in [0.3, 0.4) is 0 Å². The Balaban J connectivity index is 2.39. The molecule has 9 nitrogen and oxygen atoms in total. The highest BCUT2D eigenvalue weighted by atomic mass is 16.6. The summed E-state index contributed by atoms with van der Waals surface area (Å²) in [5.41, 5.74) is 6.61. The average molecular weight is 340 g/mol. The average Bonchev–Trinajstić information content (AvgIpc) is 2.77. The summed E-state index contributed by atoms with van der Waals surface area (Å²) in [6.07, 6.45) is -1.53. The van der Waals surface area contributed by atoms with Gasteiger partial charge in [-0.1, -0.05) is 5.57 Å². The van der Waals surface area contributed by atoms with Gasteiger partial charge in [-0.15, -0.1) is 0 Å². The number of hydrogen-bond acceptors (Lipinski definition) is 8. The van der Waals surface area contributed by atoms with Crippen molar-refractivity contribution in [1.82, 2.24) is 14.5 Å². The van der Waals surface area contributed by atoms with Crippen molar-refractivity contribution in [3.05, 3.63) is 27.8 Å². The minimum Gasteiger partial charge on any atom is -0.394 e. The first-order valence-electron chi connectivity index (χ1n) is 7.57. The first-order valence-corrected chi connectivity index (χ1v) is 7.57. The molecule has 0 amide bonds.